The number of nitrogens with one attached hydrogen (secondary N) is 2. The maximum Gasteiger partial charge on any atom is 0.248 e. The van der Waals surface area contributed by atoms with E-state index in [1.54, 1.807) is 18.2 Å². The number of sulfonamides is 1. The van der Waals surface area contributed by atoms with Crippen LogP contribution < -0.4 is 10.0 Å². The molecule has 0 saturated carbocycles. The van der Waals surface area contributed by atoms with E-state index in [4.69, 9.17) is 4.52 Å². The maximum atomic E-state index is 11.3. The highest BCUT2D eigenvalue weighted by atomic mass is 32.2. The van der Waals surface area contributed by atoms with Gasteiger partial charge in [0.25, 0.3) is 0 Å². The fourth-order valence-corrected chi connectivity index (χ4v) is 2.41. The number of hydrogen-bond acceptors (Lipinski definition) is 6. The van der Waals surface area contributed by atoms with E-state index in [1.165, 1.54) is 0 Å². The van der Waals surface area contributed by atoms with Crippen molar-refractivity contribution in [3.8, 4) is 0 Å². The number of benzene rings is 1. The van der Waals surface area contributed by atoms with Crippen LogP contribution in [0.3, 0.4) is 0 Å². The summed E-state index contributed by atoms with van der Waals surface area (Å²) in [6, 6.07) is 6.80. The molecular weight excluding hydrogens is 304 g/mol. The zero-order valence-electron chi connectivity index (χ0n) is 13.0. The molecule has 0 radical (unpaired) electrons. The van der Waals surface area contributed by atoms with Crippen molar-refractivity contribution in [2.75, 3.05) is 16.3 Å². The van der Waals surface area contributed by atoms with Gasteiger partial charge in [-0.1, -0.05) is 25.1 Å². The van der Waals surface area contributed by atoms with Crippen LogP contribution in [0, 0.1) is 0 Å². The Labute approximate surface area is 130 Å². The third-order valence-corrected chi connectivity index (χ3v) is 3.50. The summed E-state index contributed by atoms with van der Waals surface area (Å²) in [5.74, 6) is 1.35. The second-order valence-corrected chi connectivity index (χ2v) is 7.22. The van der Waals surface area contributed by atoms with Crippen molar-refractivity contribution in [2.45, 2.75) is 32.7 Å². The molecule has 0 saturated heterocycles. The highest BCUT2D eigenvalue weighted by Crippen LogP contribution is 2.22. The van der Waals surface area contributed by atoms with E-state index in [9.17, 15) is 8.42 Å². The fraction of sp³-hybridized carbons (Fsp3) is 0.429. The Balaban J connectivity index is 2.10. The van der Waals surface area contributed by atoms with Crippen molar-refractivity contribution in [1.29, 1.82) is 0 Å². The van der Waals surface area contributed by atoms with Gasteiger partial charge in [0, 0.05) is 11.6 Å². The van der Waals surface area contributed by atoms with Gasteiger partial charge in [-0.05, 0) is 25.1 Å². The molecular formula is C14H20N4O3S. The van der Waals surface area contributed by atoms with E-state index < -0.39 is 10.0 Å². The lowest BCUT2D eigenvalue weighted by Crippen LogP contribution is -2.11. The Kier molecular flexibility index (Phi) is 4.70. The first kappa shape index (κ1) is 16.3. The van der Waals surface area contributed by atoms with Crippen LogP contribution in [0.5, 0.6) is 0 Å². The highest BCUT2D eigenvalue weighted by molar-refractivity contribution is 7.92. The molecule has 0 aliphatic rings. The van der Waals surface area contributed by atoms with Gasteiger partial charge in [-0.25, -0.2) is 8.42 Å². The molecule has 0 aliphatic heterocycles. The Morgan fingerprint density at radius 3 is 2.45 bits per heavy atom. The molecule has 22 heavy (non-hydrogen) atoms. The van der Waals surface area contributed by atoms with Crippen LogP contribution in [0.1, 0.15) is 44.4 Å². The molecule has 1 heterocycles. The van der Waals surface area contributed by atoms with E-state index in [2.05, 4.69) is 20.2 Å². The number of hydrogen-bond donors (Lipinski definition) is 2. The molecule has 0 spiro atoms. The predicted octanol–water partition coefficient (Wildman–Crippen LogP) is 2.74. The summed E-state index contributed by atoms with van der Waals surface area (Å²) >= 11 is 0. The maximum absolute atomic E-state index is 11.3. The largest absolute Gasteiger partial charge is 0.374 e. The minimum atomic E-state index is -3.30. The normalized spacial score (nSPS) is 13.1. The van der Waals surface area contributed by atoms with Gasteiger partial charge in [-0.2, -0.15) is 4.98 Å². The summed E-state index contributed by atoms with van der Waals surface area (Å²) in [7, 11) is -3.30. The van der Waals surface area contributed by atoms with Gasteiger partial charge in [0.2, 0.25) is 15.9 Å². The molecule has 1 atom stereocenters. The zero-order chi connectivity index (χ0) is 16.3. The second-order valence-electron chi connectivity index (χ2n) is 5.47. The SMILES string of the molecule is CC(C)c1noc(C(C)Nc2cccc(NS(C)(=O)=O)c2)n1. The van der Waals surface area contributed by atoms with Crippen molar-refractivity contribution < 1.29 is 12.9 Å². The van der Waals surface area contributed by atoms with Crippen molar-refractivity contribution in [2.24, 2.45) is 0 Å². The Morgan fingerprint density at radius 1 is 1.18 bits per heavy atom. The third kappa shape index (κ3) is 4.45. The van der Waals surface area contributed by atoms with Crippen LogP contribution in [-0.2, 0) is 10.0 Å². The Morgan fingerprint density at radius 2 is 1.86 bits per heavy atom. The average Bonchev–Trinajstić information content (AvgIpc) is 2.86. The van der Waals surface area contributed by atoms with Gasteiger partial charge in [0.05, 0.1) is 11.9 Å². The van der Waals surface area contributed by atoms with E-state index >= 15 is 0 Å². The summed E-state index contributed by atoms with van der Waals surface area (Å²) in [6.45, 7) is 5.88. The van der Waals surface area contributed by atoms with E-state index in [0.29, 0.717) is 17.4 Å². The van der Waals surface area contributed by atoms with Gasteiger partial charge >= 0.3 is 0 Å². The average molecular weight is 324 g/mol. The fourth-order valence-electron chi connectivity index (χ4n) is 1.86. The van der Waals surface area contributed by atoms with Crippen LogP contribution in [0.2, 0.25) is 0 Å². The summed E-state index contributed by atoms with van der Waals surface area (Å²) in [5.41, 5.74) is 1.25. The highest BCUT2D eigenvalue weighted by Gasteiger charge is 2.16. The summed E-state index contributed by atoms with van der Waals surface area (Å²) < 4.78 is 30.2. The van der Waals surface area contributed by atoms with Gasteiger partial charge in [-0.15, -0.1) is 0 Å². The van der Waals surface area contributed by atoms with Crippen molar-refractivity contribution in [3.63, 3.8) is 0 Å². The van der Waals surface area contributed by atoms with Crippen molar-refractivity contribution in [3.05, 3.63) is 36.0 Å². The van der Waals surface area contributed by atoms with Crippen LogP contribution >= 0.6 is 0 Å². The quantitative estimate of drug-likeness (QED) is 0.848. The van der Waals surface area contributed by atoms with Crippen LogP contribution in [0.15, 0.2) is 28.8 Å². The van der Waals surface area contributed by atoms with Crippen molar-refractivity contribution >= 4 is 21.4 Å². The molecule has 8 heteroatoms. The number of nitrogens with zero attached hydrogens (tertiary/aromatic N) is 2. The number of anilines is 2. The molecule has 7 nitrogen and oxygen atoms in total. The molecule has 2 N–H and O–H groups in total. The van der Waals surface area contributed by atoms with Gasteiger partial charge < -0.3 is 9.84 Å². The van der Waals surface area contributed by atoms with Gasteiger partial charge in [-0.3, -0.25) is 4.72 Å². The lowest BCUT2D eigenvalue weighted by Gasteiger charge is -2.12. The lowest BCUT2D eigenvalue weighted by atomic mass is 10.2. The van der Waals surface area contributed by atoms with Crippen LogP contribution in [0.4, 0.5) is 11.4 Å². The second kappa shape index (κ2) is 6.35. The molecule has 0 aliphatic carbocycles. The predicted molar refractivity (Wildman–Crippen MR) is 85.3 cm³/mol. The molecule has 2 aromatic rings. The van der Waals surface area contributed by atoms with Crippen LogP contribution in [0.25, 0.3) is 0 Å². The smallest absolute Gasteiger partial charge is 0.248 e. The molecule has 1 aromatic heterocycles. The first-order valence-electron chi connectivity index (χ1n) is 6.92. The van der Waals surface area contributed by atoms with Crippen molar-refractivity contribution in [1.82, 2.24) is 10.1 Å². The van der Waals surface area contributed by atoms with E-state index in [0.717, 1.165) is 11.9 Å². The summed E-state index contributed by atoms with van der Waals surface area (Å²) in [4.78, 5) is 4.34. The zero-order valence-corrected chi connectivity index (χ0v) is 13.8. The summed E-state index contributed by atoms with van der Waals surface area (Å²) in [6.07, 6.45) is 1.11. The number of rotatable bonds is 6. The topological polar surface area (TPSA) is 97.1 Å². The minimum absolute atomic E-state index is 0.187. The van der Waals surface area contributed by atoms with E-state index in [-0.39, 0.29) is 12.0 Å². The Hall–Kier alpha value is -2.09. The first-order valence-corrected chi connectivity index (χ1v) is 8.81. The van der Waals surface area contributed by atoms with Gasteiger partial charge in [0.1, 0.15) is 6.04 Å². The van der Waals surface area contributed by atoms with Gasteiger partial charge in [0.15, 0.2) is 5.82 Å². The standard InChI is InChI=1S/C14H20N4O3S/c1-9(2)13-16-14(21-17-13)10(3)15-11-6-5-7-12(8-11)18-22(4,19)20/h5-10,15,18H,1-4H3. The molecule has 0 fully saturated rings. The molecule has 0 amide bonds. The molecule has 1 aromatic carbocycles. The molecule has 1 unspecified atom stereocenters. The lowest BCUT2D eigenvalue weighted by molar-refractivity contribution is 0.361. The summed E-state index contributed by atoms with van der Waals surface area (Å²) in [5, 5.41) is 7.13. The molecule has 0 bridgehead atoms. The Bertz CT molecular complexity index is 740. The first-order chi connectivity index (χ1) is 10.2. The number of aromatic nitrogens is 2. The molecule has 2 rings (SSSR count). The monoisotopic (exact) mass is 324 g/mol. The minimum Gasteiger partial charge on any atom is -0.374 e. The van der Waals surface area contributed by atoms with Crippen LogP contribution in [-0.4, -0.2) is 24.8 Å². The van der Waals surface area contributed by atoms with E-state index in [1.807, 2.05) is 26.8 Å². The third-order valence-electron chi connectivity index (χ3n) is 2.89. The molecule has 120 valence electrons.